The smallest absolute Gasteiger partial charge is 0.412 e. The summed E-state index contributed by atoms with van der Waals surface area (Å²) in [5, 5.41) is 7.70. The fraction of sp³-hybridized carbons (Fsp3) is 0.192. The van der Waals surface area contributed by atoms with Crippen LogP contribution in [0.25, 0.3) is 10.8 Å². The molecule has 0 bridgehead atoms. The highest BCUT2D eigenvalue weighted by Crippen LogP contribution is 2.23. The lowest BCUT2D eigenvalue weighted by Gasteiger charge is -2.19. The molecule has 4 rings (SSSR count). The molecule has 3 aromatic carbocycles. The number of benzene rings is 3. The predicted octanol–water partition coefficient (Wildman–Crippen LogP) is 4.62. The van der Waals surface area contributed by atoms with Crippen molar-refractivity contribution in [2.45, 2.75) is 42.7 Å². The van der Waals surface area contributed by atoms with Gasteiger partial charge in [0.05, 0.1) is 27.9 Å². The third kappa shape index (κ3) is 5.58. The summed E-state index contributed by atoms with van der Waals surface area (Å²) in [6.07, 6.45) is 0.903. The topological polar surface area (TPSA) is 107 Å². The summed E-state index contributed by atoms with van der Waals surface area (Å²) >= 11 is 0. The van der Waals surface area contributed by atoms with Crippen LogP contribution in [-0.2, 0) is 21.1 Å². The molecule has 1 N–H and O–H groups in total. The van der Waals surface area contributed by atoms with Crippen LogP contribution in [0.15, 0.2) is 93.6 Å². The van der Waals surface area contributed by atoms with Crippen molar-refractivity contribution in [1.29, 1.82) is 0 Å². The fourth-order valence-corrected chi connectivity index (χ4v) is 4.84. The molecule has 0 saturated carbocycles. The molecule has 4 aromatic rings. The van der Waals surface area contributed by atoms with Gasteiger partial charge in [-0.15, -0.1) is 0 Å². The molecule has 8 nitrogen and oxygen atoms in total. The van der Waals surface area contributed by atoms with Crippen LogP contribution in [0.3, 0.4) is 0 Å². The number of nitrogens with zero attached hydrogens (tertiary/aromatic N) is 2. The molecule has 0 aliphatic carbocycles. The highest BCUT2D eigenvalue weighted by Gasteiger charge is 2.19. The molecule has 0 radical (unpaired) electrons. The lowest BCUT2D eigenvalue weighted by Crippen LogP contribution is -2.27. The van der Waals surface area contributed by atoms with E-state index in [-0.39, 0.29) is 21.9 Å². The Kier molecular flexibility index (Phi) is 6.45. The van der Waals surface area contributed by atoms with Crippen LogP contribution in [0.5, 0.6) is 0 Å². The van der Waals surface area contributed by atoms with E-state index in [9.17, 15) is 18.0 Å². The fourth-order valence-electron chi connectivity index (χ4n) is 3.52. The van der Waals surface area contributed by atoms with E-state index in [2.05, 4.69) is 10.4 Å². The van der Waals surface area contributed by atoms with E-state index < -0.39 is 21.5 Å². The number of hydrogen-bond acceptors (Lipinski definition) is 6. The molecule has 0 unspecified atom stereocenters. The van der Waals surface area contributed by atoms with Gasteiger partial charge in [0.1, 0.15) is 5.60 Å². The predicted molar refractivity (Wildman–Crippen MR) is 133 cm³/mol. The Morgan fingerprint density at radius 3 is 2.43 bits per heavy atom. The number of fused-ring (bicyclic) bond motifs is 1. The Hall–Kier alpha value is -3.98. The molecule has 0 atom stereocenters. The molecule has 1 aromatic heterocycles. The van der Waals surface area contributed by atoms with Crippen LogP contribution in [0, 0.1) is 0 Å². The second-order valence-electron chi connectivity index (χ2n) is 9.00. The highest BCUT2D eigenvalue weighted by atomic mass is 32.2. The van der Waals surface area contributed by atoms with Gasteiger partial charge >= 0.3 is 6.09 Å². The van der Waals surface area contributed by atoms with Gasteiger partial charge in [-0.2, -0.15) is 5.10 Å². The normalized spacial score (nSPS) is 11.9. The third-order valence-electron chi connectivity index (χ3n) is 5.09. The van der Waals surface area contributed by atoms with E-state index in [1.807, 2.05) is 6.07 Å². The van der Waals surface area contributed by atoms with Crippen LogP contribution < -0.4 is 10.9 Å². The number of rotatable bonds is 5. The first-order valence-corrected chi connectivity index (χ1v) is 12.4. The van der Waals surface area contributed by atoms with E-state index in [4.69, 9.17) is 4.74 Å². The minimum absolute atomic E-state index is 0.0936. The van der Waals surface area contributed by atoms with Crippen molar-refractivity contribution in [3.05, 3.63) is 94.9 Å². The first-order chi connectivity index (χ1) is 16.5. The Bertz CT molecular complexity index is 1560. The second-order valence-corrected chi connectivity index (χ2v) is 10.9. The van der Waals surface area contributed by atoms with Crippen molar-refractivity contribution in [2.24, 2.45) is 0 Å². The molecule has 0 saturated heterocycles. The lowest BCUT2D eigenvalue weighted by molar-refractivity contribution is 0.0636. The number of carbonyl (C=O) groups is 1. The summed E-state index contributed by atoms with van der Waals surface area (Å²) in [6.45, 7) is 5.51. The summed E-state index contributed by atoms with van der Waals surface area (Å²) in [4.78, 5) is 25.4. The van der Waals surface area contributed by atoms with Crippen LogP contribution in [0.4, 0.5) is 10.5 Å². The summed E-state index contributed by atoms with van der Waals surface area (Å²) < 4.78 is 32.4. The zero-order chi connectivity index (χ0) is 25.2. The summed E-state index contributed by atoms with van der Waals surface area (Å²) in [5.74, 6) is 0. The van der Waals surface area contributed by atoms with Gasteiger partial charge in [-0.1, -0.05) is 30.3 Å². The number of anilines is 1. The van der Waals surface area contributed by atoms with E-state index in [1.165, 1.54) is 41.2 Å². The van der Waals surface area contributed by atoms with Crippen molar-refractivity contribution in [3.8, 4) is 0 Å². The molecule has 180 valence electrons. The van der Waals surface area contributed by atoms with Crippen LogP contribution >= 0.6 is 0 Å². The highest BCUT2D eigenvalue weighted by molar-refractivity contribution is 7.91. The molecule has 35 heavy (non-hydrogen) atoms. The van der Waals surface area contributed by atoms with Crippen molar-refractivity contribution < 1.29 is 17.9 Å². The summed E-state index contributed by atoms with van der Waals surface area (Å²) in [5.41, 5.74) is 0.304. The van der Waals surface area contributed by atoms with Gasteiger partial charge in [0.2, 0.25) is 9.84 Å². The maximum atomic E-state index is 13.0. The van der Waals surface area contributed by atoms with E-state index >= 15 is 0 Å². The van der Waals surface area contributed by atoms with E-state index in [0.29, 0.717) is 16.5 Å². The Labute approximate surface area is 203 Å². The van der Waals surface area contributed by atoms with Crippen LogP contribution in [-0.4, -0.2) is 29.9 Å². The van der Waals surface area contributed by atoms with E-state index in [0.717, 1.165) is 5.56 Å². The van der Waals surface area contributed by atoms with Gasteiger partial charge in [-0.05, 0) is 68.8 Å². The molecule has 0 aliphatic rings. The summed E-state index contributed by atoms with van der Waals surface area (Å²) in [7, 11) is -3.71. The quantitative estimate of drug-likeness (QED) is 0.436. The molecule has 1 heterocycles. The molecular formula is C26H25N3O5S. The Morgan fingerprint density at radius 1 is 0.971 bits per heavy atom. The average Bonchev–Trinajstić information content (AvgIpc) is 2.80. The number of sulfone groups is 1. The molecule has 0 aliphatic heterocycles. The van der Waals surface area contributed by atoms with Crippen molar-refractivity contribution >= 4 is 32.4 Å². The first-order valence-electron chi connectivity index (χ1n) is 10.9. The van der Waals surface area contributed by atoms with Crippen molar-refractivity contribution in [3.63, 3.8) is 0 Å². The minimum Gasteiger partial charge on any atom is -0.444 e. The van der Waals surface area contributed by atoms with Crippen molar-refractivity contribution in [1.82, 2.24) is 9.78 Å². The first kappa shape index (κ1) is 24.2. The maximum absolute atomic E-state index is 13.0. The largest absolute Gasteiger partial charge is 0.444 e. The van der Waals surface area contributed by atoms with E-state index in [1.54, 1.807) is 57.2 Å². The molecule has 9 heteroatoms. The molecule has 1 amide bonds. The Morgan fingerprint density at radius 2 is 1.71 bits per heavy atom. The lowest BCUT2D eigenvalue weighted by atomic mass is 10.2. The third-order valence-corrected chi connectivity index (χ3v) is 6.86. The number of ether oxygens (including phenoxy) is 1. The SMILES string of the molecule is CC(C)(C)OC(=O)Nc1cccc(Cn2ncc3cc(S(=O)(=O)c4ccccc4)ccc3c2=O)c1. The standard InChI is InChI=1S/C26H25N3O5S/c1-26(2,3)34-25(31)28-20-9-7-8-18(14-20)17-29-24(30)23-13-12-22(15-19(23)16-27-29)35(32,33)21-10-5-4-6-11-21/h4-16H,17H2,1-3H3,(H,28,31). The average molecular weight is 492 g/mol. The van der Waals surface area contributed by atoms with Gasteiger partial charge in [0.25, 0.3) is 5.56 Å². The zero-order valence-corrected chi connectivity index (χ0v) is 20.4. The minimum atomic E-state index is -3.71. The zero-order valence-electron chi connectivity index (χ0n) is 19.6. The van der Waals surface area contributed by atoms with Gasteiger partial charge in [0.15, 0.2) is 0 Å². The Balaban J connectivity index is 1.59. The van der Waals surface area contributed by atoms with Crippen LogP contribution in [0.1, 0.15) is 26.3 Å². The van der Waals surface area contributed by atoms with Crippen molar-refractivity contribution in [2.75, 3.05) is 5.32 Å². The number of aromatic nitrogens is 2. The molecule has 0 fully saturated rings. The monoisotopic (exact) mass is 491 g/mol. The van der Waals surface area contributed by atoms with Gasteiger partial charge in [-0.3, -0.25) is 10.1 Å². The number of nitrogens with one attached hydrogen (secondary N) is 1. The number of hydrogen-bond donors (Lipinski definition) is 1. The maximum Gasteiger partial charge on any atom is 0.412 e. The summed E-state index contributed by atoms with van der Waals surface area (Å²) in [6, 6.07) is 19.5. The van der Waals surface area contributed by atoms with Gasteiger partial charge in [0, 0.05) is 11.1 Å². The molecule has 0 spiro atoms. The number of amides is 1. The van der Waals surface area contributed by atoms with Crippen LogP contribution in [0.2, 0.25) is 0 Å². The molecular weight excluding hydrogens is 466 g/mol. The second kappa shape index (κ2) is 9.34. The van der Waals surface area contributed by atoms with Gasteiger partial charge < -0.3 is 4.74 Å². The number of carbonyl (C=O) groups excluding carboxylic acids is 1. The van der Waals surface area contributed by atoms with Gasteiger partial charge in [-0.25, -0.2) is 17.9 Å².